The number of nitrogens with zero attached hydrogens (tertiary/aromatic N) is 2. The van der Waals surface area contributed by atoms with Gasteiger partial charge in [0.15, 0.2) is 0 Å². The van der Waals surface area contributed by atoms with Crippen LogP contribution < -0.4 is 0 Å². The van der Waals surface area contributed by atoms with Crippen molar-refractivity contribution in [1.82, 2.24) is 9.21 Å². The molecule has 0 aromatic carbocycles. The Balaban J connectivity index is 1.98. The van der Waals surface area contributed by atoms with Crippen molar-refractivity contribution in [1.29, 1.82) is 0 Å². The zero-order valence-corrected chi connectivity index (χ0v) is 16.7. The maximum Gasteiger partial charge on any atom is 0.227 e. The van der Waals surface area contributed by atoms with Crippen molar-refractivity contribution < 1.29 is 13.2 Å². The average molecular weight is 423 g/mol. The predicted octanol–water partition coefficient (Wildman–Crippen LogP) is 2.92. The van der Waals surface area contributed by atoms with Crippen LogP contribution in [0.15, 0.2) is 15.9 Å². The van der Waals surface area contributed by atoms with E-state index in [1.165, 1.54) is 4.31 Å². The molecular formula is C15H23BrN2O3S2. The van der Waals surface area contributed by atoms with Crippen molar-refractivity contribution in [3.63, 3.8) is 0 Å². The molecule has 0 saturated carbocycles. The molecule has 0 spiro atoms. The molecule has 1 atom stereocenters. The van der Waals surface area contributed by atoms with Crippen LogP contribution in [0.5, 0.6) is 0 Å². The zero-order chi connectivity index (χ0) is 17.0. The summed E-state index contributed by atoms with van der Waals surface area (Å²) in [5.41, 5.74) is 0. The molecule has 1 aromatic heterocycles. The van der Waals surface area contributed by atoms with Crippen molar-refractivity contribution in [3.05, 3.63) is 20.8 Å². The Morgan fingerprint density at radius 1 is 1.52 bits per heavy atom. The first-order chi connectivity index (χ1) is 10.8. The van der Waals surface area contributed by atoms with Crippen LogP contribution >= 0.6 is 27.3 Å². The molecule has 1 amide bonds. The third-order valence-electron chi connectivity index (χ3n) is 3.98. The monoisotopic (exact) mass is 422 g/mol. The van der Waals surface area contributed by atoms with Gasteiger partial charge in [-0.3, -0.25) is 4.79 Å². The third-order valence-corrected chi connectivity index (χ3v) is 7.70. The Morgan fingerprint density at radius 3 is 2.87 bits per heavy atom. The summed E-state index contributed by atoms with van der Waals surface area (Å²) >= 11 is 5.02. The van der Waals surface area contributed by atoms with Crippen molar-refractivity contribution in [2.45, 2.75) is 32.7 Å². The van der Waals surface area contributed by atoms with E-state index in [0.717, 1.165) is 22.2 Å². The first-order valence-corrected chi connectivity index (χ1v) is 11.1. The fraction of sp³-hybridized carbons (Fsp3) is 0.667. The second-order valence-corrected chi connectivity index (χ2v) is 9.94. The smallest absolute Gasteiger partial charge is 0.227 e. The molecule has 1 saturated heterocycles. The molecule has 8 heteroatoms. The maximum atomic E-state index is 12.6. The molecule has 1 aliphatic heterocycles. The number of halogens is 1. The fourth-order valence-electron chi connectivity index (χ4n) is 2.84. The first-order valence-electron chi connectivity index (χ1n) is 7.79. The van der Waals surface area contributed by atoms with E-state index in [9.17, 15) is 13.2 Å². The highest BCUT2D eigenvalue weighted by Crippen LogP contribution is 2.24. The molecule has 1 aromatic rings. The quantitative estimate of drug-likeness (QED) is 0.707. The number of piperidine rings is 1. The summed E-state index contributed by atoms with van der Waals surface area (Å²) in [5, 5.41) is 1.99. The van der Waals surface area contributed by atoms with E-state index in [4.69, 9.17) is 0 Å². The number of hydrogen-bond acceptors (Lipinski definition) is 4. The molecule has 5 nitrogen and oxygen atoms in total. The van der Waals surface area contributed by atoms with E-state index in [0.29, 0.717) is 26.1 Å². The van der Waals surface area contributed by atoms with Gasteiger partial charge in [-0.25, -0.2) is 12.7 Å². The Bertz CT molecular complexity index is 645. The standard InChI is InChI=1S/C15H23BrN2O3S2/c1-3-7-23(20,21)18-6-4-5-12(9-18)15(19)17(2)10-14-8-13(16)11-22-14/h8,11-12H,3-7,9-10H2,1-2H3. The molecule has 130 valence electrons. The first kappa shape index (κ1) is 18.9. The number of hydrogen-bond donors (Lipinski definition) is 0. The lowest BCUT2D eigenvalue weighted by Gasteiger charge is -2.33. The van der Waals surface area contributed by atoms with Gasteiger partial charge < -0.3 is 4.90 Å². The molecule has 0 N–H and O–H groups in total. The number of thiophene rings is 1. The summed E-state index contributed by atoms with van der Waals surface area (Å²) in [7, 11) is -1.44. The molecule has 2 heterocycles. The van der Waals surface area contributed by atoms with Crippen molar-refractivity contribution >= 4 is 43.2 Å². The van der Waals surface area contributed by atoms with Crippen molar-refractivity contribution in [2.24, 2.45) is 5.92 Å². The van der Waals surface area contributed by atoms with Crippen LogP contribution in [0, 0.1) is 5.92 Å². The fourth-order valence-corrected chi connectivity index (χ4v) is 5.94. The lowest BCUT2D eigenvalue weighted by atomic mass is 9.98. The van der Waals surface area contributed by atoms with Crippen LogP contribution in [0.1, 0.15) is 31.1 Å². The lowest BCUT2D eigenvalue weighted by molar-refractivity contribution is -0.135. The van der Waals surface area contributed by atoms with Crippen LogP contribution in [-0.4, -0.2) is 49.4 Å². The van der Waals surface area contributed by atoms with Crippen LogP contribution in [0.25, 0.3) is 0 Å². The van der Waals surface area contributed by atoms with Gasteiger partial charge in [0.05, 0.1) is 18.2 Å². The minimum Gasteiger partial charge on any atom is -0.340 e. The van der Waals surface area contributed by atoms with E-state index in [-0.39, 0.29) is 17.6 Å². The van der Waals surface area contributed by atoms with Gasteiger partial charge in [-0.2, -0.15) is 0 Å². The second-order valence-electron chi connectivity index (χ2n) is 5.94. The molecule has 1 unspecified atom stereocenters. The SMILES string of the molecule is CCCS(=O)(=O)N1CCCC(C(=O)N(C)Cc2cc(Br)cs2)C1. The Hall–Kier alpha value is -0.440. The average Bonchev–Trinajstić information content (AvgIpc) is 2.91. The van der Waals surface area contributed by atoms with E-state index >= 15 is 0 Å². The number of rotatable bonds is 6. The summed E-state index contributed by atoms with van der Waals surface area (Å²) < 4.78 is 26.9. The minimum absolute atomic E-state index is 0.0333. The predicted molar refractivity (Wildman–Crippen MR) is 96.9 cm³/mol. The Morgan fingerprint density at radius 2 is 2.26 bits per heavy atom. The zero-order valence-electron chi connectivity index (χ0n) is 13.5. The molecular weight excluding hydrogens is 400 g/mol. The highest BCUT2D eigenvalue weighted by Gasteiger charge is 2.33. The van der Waals surface area contributed by atoms with E-state index in [1.54, 1.807) is 23.3 Å². The molecule has 2 rings (SSSR count). The van der Waals surface area contributed by atoms with Crippen LogP contribution in [-0.2, 0) is 21.4 Å². The van der Waals surface area contributed by atoms with Gasteiger partial charge in [0, 0.05) is 34.9 Å². The summed E-state index contributed by atoms with van der Waals surface area (Å²) in [6.07, 6.45) is 2.11. The van der Waals surface area contributed by atoms with Gasteiger partial charge in [0.25, 0.3) is 0 Å². The van der Waals surface area contributed by atoms with Gasteiger partial charge in [-0.15, -0.1) is 11.3 Å². The third kappa shape index (κ3) is 5.01. The van der Waals surface area contributed by atoms with Crippen LogP contribution in [0.2, 0.25) is 0 Å². The molecule has 1 aliphatic rings. The highest BCUT2D eigenvalue weighted by atomic mass is 79.9. The van der Waals surface area contributed by atoms with Gasteiger partial charge in [-0.05, 0) is 41.3 Å². The number of carbonyl (C=O) groups excluding carboxylic acids is 1. The Labute approximate surface area is 150 Å². The van der Waals surface area contributed by atoms with Gasteiger partial charge in [-0.1, -0.05) is 6.92 Å². The van der Waals surface area contributed by atoms with Crippen molar-refractivity contribution in [3.8, 4) is 0 Å². The van der Waals surface area contributed by atoms with Crippen molar-refractivity contribution in [2.75, 3.05) is 25.9 Å². The Kier molecular flexibility index (Phi) is 6.65. The molecule has 0 aliphatic carbocycles. The van der Waals surface area contributed by atoms with Gasteiger partial charge in [0.2, 0.25) is 15.9 Å². The molecule has 23 heavy (non-hydrogen) atoms. The topological polar surface area (TPSA) is 57.7 Å². The number of carbonyl (C=O) groups is 1. The highest BCUT2D eigenvalue weighted by molar-refractivity contribution is 9.10. The number of sulfonamides is 1. The molecule has 1 fully saturated rings. The van der Waals surface area contributed by atoms with E-state index in [2.05, 4.69) is 15.9 Å². The summed E-state index contributed by atoms with van der Waals surface area (Å²) in [5.74, 6) is -0.0397. The molecule has 0 bridgehead atoms. The van der Waals surface area contributed by atoms with E-state index in [1.807, 2.05) is 18.4 Å². The lowest BCUT2D eigenvalue weighted by Crippen LogP contribution is -2.46. The van der Waals surface area contributed by atoms with Gasteiger partial charge in [0.1, 0.15) is 0 Å². The largest absolute Gasteiger partial charge is 0.340 e. The summed E-state index contributed by atoms with van der Waals surface area (Å²) in [6, 6.07) is 2.01. The normalized spacial score (nSPS) is 19.7. The summed E-state index contributed by atoms with van der Waals surface area (Å²) in [4.78, 5) is 15.5. The van der Waals surface area contributed by atoms with Gasteiger partial charge >= 0.3 is 0 Å². The summed E-state index contributed by atoms with van der Waals surface area (Å²) in [6.45, 7) is 3.28. The molecule has 0 radical (unpaired) electrons. The second kappa shape index (κ2) is 8.09. The minimum atomic E-state index is -3.22. The van der Waals surface area contributed by atoms with Crippen LogP contribution in [0.4, 0.5) is 0 Å². The van der Waals surface area contributed by atoms with Crippen LogP contribution in [0.3, 0.4) is 0 Å². The van der Waals surface area contributed by atoms with E-state index < -0.39 is 10.0 Å². The number of amides is 1. The maximum absolute atomic E-state index is 12.6.